The molecule has 0 aromatic carbocycles. The lowest BCUT2D eigenvalue weighted by Gasteiger charge is -2.12. The van der Waals surface area contributed by atoms with Crippen LogP contribution in [-0.4, -0.2) is 34.7 Å². The Morgan fingerprint density at radius 3 is 3.29 bits per heavy atom. The van der Waals surface area contributed by atoms with Crippen molar-refractivity contribution in [1.29, 1.82) is 0 Å². The molecule has 17 heavy (non-hydrogen) atoms. The van der Waals surface area contributed by atoms with Gasteiger partial charge in [0.1, 0.15) is 17.4 Å². The van der Waals surface area contributed by atoms with Gasteiger partial charge in [-0.2, -0.15) is 0 Å². The van der Waals surface area contributed by atoms with Crippen LogP contribution in [0.1, 0.15) is 0 Å². The van der Waals surface area contributed by atoms with Crippen LogP contribution in [0.3, 0.4) is 0 Å². The van der Waals surface area contributed by atoms with E-state index in [0.717, 1.165) is 16.4 Å². The summed E-state index contributed by atoms with van der Waals surface area (Å²) in [6.07, 6.45) is 1.91. The molecule has 0 spiro atoms. The summed E-state index contributed by atoms with van der Waals surface area (Å²) >= 11 is 1.47. The Kier molecular flexibility index (Phi) is 2.95. The van der Waals surface area contributed by atoms with Crippen LogP contribution in [0.5, 0.6) is 0 Å². The number of hydrogen-bond donors (Lipinski definition) is 2. The first-order chi connectivity index (χ1) is 8.42. The molecular weight excluding hydrogens is 238 g/mol. The highest BCUT2D eigenvalue weighted by Crippen LogP contribution is 2.21. The van der Waals surface area contributed by atoms with Gasteiger partial charge in [-0.25, -0.2) is 0 Å². The molecule has 2 aromatic heterocycles. The smallest absolute Gasteiger partial charge is 0.166 e. The van der Waals surface area contributed by atoms with Crippen LogP contribution < -0.4 is 10.6 Å². The van der Waals surface area contributed by atoms with Crippen LogP contribution in [0.15, 0.2) is 23.8 Å². The summed E-state index contributed by atoms with van der Waals surface area (Å²) < 4.78 is 5.22. The maximum atomic E-state index is 5.22. The summed E-state index contributed by atoms with van der Waals surface area (Å²) in [5, 5.41) is 15.1. The highest BCUT2D eigenvalue weighted by Gasteiger charge is 2.14. The van der Waals surface area contributed by atoms with E-state index in [1.807, 2.05) is 12.1 Å². The van der Waals surface area contributed by atoms with E-state index in [4.69, 9.17) is 4.74 Å². The fraction of sp³-hybridized carbons (Fsp3) is 0.300. The number of ether oxygens (including phenoxy) is 1. The van der Waals surface area contributed by atoms with Gasteiger partial charge >= 0.3 is 0 Å². The van der Waals surface area contributed by atoms with Crippen molar-refractivity contribution < 1.29 is 4.74 Å². The van der Waals surface area contributed by atoms with Crippen LogP contribution >= 0.6 is 11.3 Å². The minimum absolute atomic E-state index is 0.152. The predicted molar refractivity (Wildman–Crippen MR) is 64.5 cm³/mol. The average Bonchev–Trinajstić information content (AvgIpc) is 3.01. The van der Waals surface area contributed by atoms with Crippen LogP contribution in [0, 0.1) is 0 Å². The zero-order chi connectivity index (χ0) is 11.5. The number of aromatic nitrogens is 3. The molecule has 1 atom stereocenters. The third kappa shape index (κ3) is 2.41. The van der Waals surface area contributed by atoms with Gasteiger partial charge in [-0.1, -0.05) is 11.3 Å². The number of rotatable bonds is 3. The fourth-order valence-electron chi connectivity index (χ4n) is 1.61. The van der Waals surface area contributed by atoms with Crippen molar-refractivity contribution in [3.05, 3.63) is 23.8 Å². The van der Waals surface area contributed by atoms with Gasteiger partial charge in [-0.05, 0) is 12.1 Å². The van der Waals surface area contributed by atoms with E-state index in [1.165, 1.54) is 11.3 Å². The molecule has 0 amide bonds. The largest absolute Gasteiger partial charge is 0.368 e. The molecule has 0 saturated carbocycles. The summed E-state index contributed by atoms with van der Waals surface area (Å²) in [5.41, 5.74) is 3.52. The van der Waals surface area contributed by atoms with Gasteiger partial charge in [-0.3, -0.25) is 10.3 Å². The summed E-state index contributed by atoms with van der Waals surface area (Å²) in [5.74, 6) is 0. The second kappa shape index (κ2) is 4.74. The minimum atomic E-state index is 0.152. The summed E-state index contributed by atoms with van der Waals surface area (Å²) in [4.78, 5) is 4.27. The molecule has 2 aromatic rings. The average molecular weight is 249 g/mol. The van der Waals surface area contributed by atoms with Crippen molar-refractivity contribution in [1.82, 2.24) is 20.5 Å². The molecule has 1 aliphatic heterocycles. The molecule has 0 bridgehead atoms. The van der Waals surface area contributed by atoms with Gasteiger partial charge in [0.05, 0.1) is 13.3 Å². The monoisotopic (exact) mass is 249 g/mol. The molecule has 2 N–H and O–H groups in total. The second-order valence-corrected chi connectivity index (χ2v) is 4.42. The van der Waals surface area contributed by atoms with Gasteiger partial charge in [0.25, 0.3) is 0 Å². The van der Waals surface area contributed by atoms with Crippen molar-refractivity contribution in [2.45, 2.75) is 6.17 Å². The lowest BCUT2D eigenvalue weighted by molar-refractivity contribution is 0.191. The van der Waals surface area contributed by atoms with E-state index in [9.17, 15) is 0 Å². The van der Waals surface area contributed by atoms with E-state index in [1.54, 1.807) is 11.7 Å². The third-order valence-electron chi connectivity index (χ3n) is 2.40. The molecule has 3 heterocycles. The number of nitrogens with one attached hydrogen (secondary N) is 2. The highest BCUT2D eigenvalue weighted by molar-refractivity contribution is 7.12. The quantitative estimate of drug-likeness (QED) is 0.842. The van der Waals surface area contributed by atoms with Gasteiger partial charge in [0.2, 0.25) is 0 Å². The zero-order valence-corrected chi connectivity index (χ0v) is 9.78. The van der Waals surface area contributed by atoms with E-state index < -0.39 is 0 Å². The molecule has 1 saturated heterocycles. The maximum Gasteiger partial charge on any atom is 0.166 e. The molecule has 1 fully saturated rings. The van der Waals surface area contributed by atoms with Crippen LogP contribution in [0.25, 0.3) is 10.7 Å². The first-order valence-corrected chi connectivity index (χ1v) is 6.10. The highest BCUT2D eigenvalue weighted by atomic mass is 32.1. The Morgan fingerprint density at radius 2 is 2.53 bits per heavy atom. The van der Waals surface area contributed by atoms with Crippen molar-refractivity contribution in [2.75, 3.05) is 18.7 Å². The number of hydrogen-bond acceptors (Lipinski definition) is 7. The van der Waals surface area contributed by atoms with Gasteiger partial charge in [0, 0.05) is 11.9 Å². The van der Waals surface area contributed by atoms with Crippen LogP contribution in [0.4, 0.5) is 5.69 Å². The molecule has 3 rings (SSSR count). The predicted octanol–water partition coefficient (Wildman–Crippen LogP) is 0.915. The first-order valence-electron chi connectivity index (χ1n) is 5.22. The van der Waals surface area contributed by atoms with E-state index in [0.29, 0.717) is 13.3 Å². The Hall–Kier alpha value is -1.57. The van der Waals surface area contributed by atoms with E-state index in [-0.39, 0.29) is 6.17 Å². The Bertz CT molecular complexity index is 483. The molecule has 1 aliphatic rings. The number of anilines is 1. The Balaban J connectivity index is 1.79. The summed E-state index contributed by atoms with van der Waals surface area (Å²) in [6, 6.07) is 3.88. The first kappa shape index (κ1) is 10.6. The van der Waals surface area contributed by atoms with Crippen molar-refractivity contribution in [3.63, 3.8) is 0 Å². The maximum absolute atomic E-state index is 5.22. The zero-order valence-electron chi connectivity index (χ0n) is 8.96. The van der Waals surface area contributed by atoms with E-state index in [2.05, 4.69) is 25.8 Å². The normalized spacial score (nSPS) is 19.4. The molecule has 7 heteroatoms. The second-order valence-electron chi connectivity index (χ2n) is 3.59. The molecule has 0 radical (unpaired) electrons. The minimum Gasteiger partial charge on any atom is -0.368 e. The molecular formula is C10H11N5OS. The third-order valence-corrected chi connectivity index (χ3v) is 3.11. The van der Waals surface area contributed by atoms with Gasteiger partial charge in [-0.15, -0.1) is 10.2 Å². The van der Waals surface area contributed by atoms with Crippen molar-refractivity contribution in [3.8, 4) is 10.7 Å². The molecule has 88 valence electrons. The van der Waals surface area contributed by atoms with Gasteiger partial charge in [0.15, 0.2) is 5.01 Å². The van der Waals surface area contributed by atoms with Crippen LogP contribution in [-0.2, 0) is 4.74 Å². The SMILES string of the molecule is c1cc(NC2COCN2)cc(-c2nncs2)n1. The Labute approximate surface area is 102 Å². The van der Waals surface area contributed by atoms with E-state index >= 15 is 0 Å². The fourth-order valence-corrected chi connectivity index (χ4v) is 2.13. The topological polar surface area (TPSA) is 72.0 Å². The standard InChI is InChI=1S/C10H11N5OS/c1-2-11-8(10-15-13-6-17-10)3-7(1)14-9-4-16-5-12-9/h1-3,6,9,12H,4-5H2,(H,11,14). The van der Waals surface area contributed by atoms with Crippen molar-refractivity contribution >= 4 is 17.0 Å². The lowest BCUT2D eigenvalue weighted by Crippen LogP contribution is -2.32. The van der Waals surface area contributed by atoms with Gasteiger partial charge < -0.3 is 10.1 Å². The van der Waals surface area contributed by atoms with Crippen molar-refractivity contribution in [2.24, 2.45) is 0 Å². The summed E-state index contributed by atoms with van der Waals surface area (Å²) in [6.45, 7) is 1.25. The molecule has 6 nitrogen and oxygen atoms in total. The molecule has 1 unspecified atom stereocenters. The lowest BCUT2D eigenvalue weighted by atomic mass is 10.3. The molecule has 0 aliphatic carbocycles. The number of pyridine rings is 1. The number of nitrogens with zero attached hydrogens (tertiary/aromatic N) is 3. The van der Waals surface area contributed by atoms with Crippen LogP contribution in [0.2, 0.25) is 0 Å². The summed E-state index contributed by atoms with van der Waals surface area (Å²) in [7, 11) is 0. The Morgan fingerprint density at radius 1 is 1.53 bits per heavy atom.